The number of nitrogens with zero attached hydrogens (tertiary/aromatic N) is 1. The highest BCUT2D eigenvalue weighted by atomic mass is 32.2. The summed E-state index contributed by atoms with van der Waals surface area (Å²) in [6, 6.07) is 8.18. The van der Waals surface area contributed by atoms with Crippen LogP contribution < -0.4 is 4.72 Å². The summed E-state index contributed by atoms with van der Waals surface area (Å²) in [4.78, 5) is 14.2. The molecule has 1 amide bonds. The van der Waals surface area contributed by atoms with E-state index in [-0.39, 0.29) is 24.2 Å². The first-order valence-electron chi connectivity index (χ1n) is 7.34. The van der Waals surface area contributed by atoms with Crippen molar-refractivity contribution in [1.29, 1.82) is 0 Å². The molecule has 0 aliphatic carbocycles. The lowest BCUT2D eigenvalue weighted by atomic mass is 10.0. The van der Waals surface area contributed by atoms with Gasteiger partial charge in [-0.2, -0.15) is 11.8 Å². The van der Waals surface area contributed by atoms with Crippen molar-refractivity contribution in [3.05, 3.63) is 35.4 Å². The third-order valence-electron chi connectivity index (χ3n) is 3.73. The molecule has 22 heavy (non-hydrogen) atoms. The lowest BCUT2D eigenvalue weighted by Crippen LogP contribution is -2.45. The number of thioether (sulfide) groups is 1. The maximum atomic E-state index is 12.4. The van der Waals surface area contributed by atoms with Gasteiger partial charge in [0.05, 0.1) is 18.3 Å². The quantitative estimate of drug-likeness (QED) is 0.882. The van der Waals surface area contributed by atoms with Gasteiger partial charge in [0.1, 0.15) is 0 Å². The van der Waals surface area contributed by atoms with Crippen molar-refractivity contribution in [1.82, 2.24) is 9.62 Å². The Kier molecular flexibility index (Phi) is 5.88. The monoisotopic (exact) mass is 342 g/mol. The zero-order chi connectivity index (χ0) is 16.2. The number of aryl methyl sites for hydroxylation is 1. The van der Waals surface area contributed by atoms with Gasteiger partial charge in [-0.25, -0.2) is 13.1 Å². The molecule has 0 radical (unpaired) electrons. The van der Waals surface area contributed by atoms with Gasteiger partial charge in [0, 0.05) is 18.1 Å². The Balaban J connectivity index is 2.09. The third kappa shape index (κ3) is 4.47. The summed E-state index contributed by atoms with van der Waals surface area (Å²) in [5.41, 5.74) is 2.28. The molecule has 0 unspecified atom stereocenters. The molecule has 0 saturated carbocycles. The Hall–Kier alpha value is -1.05. The maximum absolute atomic E-state index is 12.4. The Morgan fingerprint density at radius 3 is 2.68 bits per heavy atom. The van der Waals surface area contributed by atoms with Gasteiger partial charge in [0.25, 0.3) is 0 Å². The first kappa shape index (κ1) is 17.3. The van der Waals surface area contributed by atoms with E-state index in [0.29, 0.717) is 6.54 Å². The molecule has 1 N–H and O–H groups in total. The number of carbonyl (C=O) groups is 1. The summed E-state index contributed by atoms with van der Waals surface area (Å²) in [5, 5.41) is 0. The van der Waals surface area contributed by atoms with E-state index in [1.54, 1.807) is 11.8 Å². The molecule has 0 aromatic heterocycles. The van der Waals surface area contributed by atoms with Gasteiger partial charge >= 0.3 is 0 Å². The molecule has 1 aromatic rings. The molecule has 1 aromatic carbocycles. The Morgan fingerprint density at radius 1 is 1.36 bits per heavy atom. The van der Waals surface area contributed by atoms with E-state index in [4.69, 9.17) is 0 Å². The summed E-state index contributed by atoms with van der Waals surface area (Å²) < 4.78 is 25.3. The van der Waals surface area contributed by atoms with Crippen molar-refractivity contribution in [3.8, 4) is 0 Å². The molecule has 1 saturated heterocycles. The fraction of sp³-hybridized carbons (Fsp3) is 0.533. The van der Waals surface area contributed by atoms with Crippen molar-refractivity contribution >= 4 is 27.7 Å². The number of amides is 1. The second-order valence-electron chi connectivity index (χ2n) is 5.31. The highest BCUT2D eigenvalue weighted by Crippen LogP contribution is 2.29. The highest BCUT2D eigenvalue weighted by molar-refractivity contribution is 7.99. The minimum absolute atomic E-state index is 0.0120. The third-order valence-corrected chi connectivity index (χ3v) is 6.10. The lowest BCUT2D eigenvalue weighted by molar-refractivity contribution is -0.131. The SMILES string of the molecule is CCS(=O)(=O)NCC(=O)N1CCSC[C@@H]1c1ccc(C)cc1. The van der Waals surface area contributed by atoms with Gasteiger partial charge in [0.15, 0.2) is 0 Å². The van der Waals surface area contributed by atoms with Crippen LogP contribution in [-0.2, 0) is 14.8 Å². The summed E-state index contributed by atoms with van der Waals surface area (Å²) in [5.74, 6) is 1.55. The first-order valence-corrected chi connectivity index (χ1v) is 10.1. The van der Waals surface area contributed by atoms with Crippen LogP contribution in [0.4, 0.5) is 0 Å². The molecule has 1 aliphatic rings. The second-order valence-corrected chi connectivity index (χ2v) is 8.56. The molecule has 2 rings (SSSR count). The number of hydrogen-bond acceptors (Lipinski definition) is 4. The average Bonchev–Trinajstić information content (AvgIpc) is 2.53. The van der Waals surface area contributed by atoms with Crippen LogP contribution in [0.5, 0.6) is 0 Å². The average molecular weight is 342 g/mol. The normalized spacial score (nSPS) is 19.2. The van der Waals surface area contributed by atoms with Crippen LogP contribution in [-0.4, -0.2) is 49.6 Å². The number of carbonyl (C=O) groups excluding carboxylic acids is 1. The van der Waals surface area contributed by atoms with E-state index in [9.17, 15) is 13.2 Å². The molecule has 0 spiro atoms. The van der Waals surface area contributed by atoms with Crippen molar-refractivity contribution in [2.45, 2.75) is 19.9 Å². The summed E-state index contributed by atoms with van der Waals surface area (Å²) in [6.07, 6.45) is 0. The van der Waals surface area contributed by atoms with Gasteiger partial charge in [-0.15, -0.1) is 0 Å². The van der Waals surface area contributed by atoms with Gasteiger partial charge in [-0.05, 0) is 19.4 Å². The van der Waals surface area contributed by atoms with Crippen LogP contribution in [0, 0.1) is 6.92 Å². The molecule has 1 heterocycles. The number of rotatable bonds is 5. The van der Waals surface area contributed by atoms with Crippen LogP contribution in [0.3, 0.4) is 0 Å². The van der Waals surface area contributed by atoms with E-state index in [1.807, 2.05) is 43.0 Å². The first-order chi connectivity index (χ1) is 10.4. The van der Waals surface area contributed by atoms with Gasteiger partial charge < -0.3 is 4.90 Å². The predicted molar refractivity (Wildman–Crippen MR) is 90.4 cm³/mol. The van der Waals surface area contributed by atoms with E-state index in [0.717, 1.165) is 17.1 Å². The fourth-order valence-corrected chi connectivity index (χ4v) is 3.98. The molecule has 122 valence electrons. The number of hydrogen-bond donors (Lipinski definition) is 1. The molecular formula is C15H22N2O3S2. The largest absolute Gasteiger partial charge is 0.333 e. The van der Waals surface area contributed by atoms with Crippen molar-refractivity contribution in [2.75, 3.05) is 30.3 Å². The minimum atomic E-state index is -3.34. The Bertz CT molecular complexity index is 614. The standard InChI is InChI=1S/C15H22N2O3S2/c1-3-22(19,20)16-10-15(18)17-8-9-21-11-14(17)13-6-4-12(2)5-7-13/h4-7,14,16H,3,8-11H2,1-2H3/t14-/m1/s1. The van der Waals surface area contributed by atoms with E-state index < -0.39 is 10.0 Å². The second kappa shape index (κ2) is 7.48. The summed E-state index contributed by atoms with van der Waals surface area (Å²) >= 11 is 1.82. The molecule has 0 bridgehead atoms. The van der Waals surface area contributed by atoms with Gasteiger partial charge in [0.2, 0.25) is 15.9 Å². The summed E-state index contributed by atoms with van der Waals surface area (Å²) in [7, 11) is -3.34. The van der Waals surface area contributed by atoms with Crippen molar-refractivity contribution in [2.24, 2.45) is 0 Å². The van der Waals surface area contributed by atoms with E-state index in [2.05, 4.69) is 4.72 Å². The zero-order valence-corrected chi connectivity index (χ0v) is 14.5. The van der Waals surface area contributed by atoms with Crippen molar-refractivity contribution < 1.29 is 13.2 Å². The minimum Gasteiger partial charge on any atom is -0.333 e. The van der Waals surface area contributed by atoms with Gasteiger partial charge in [-0.3, -0.25) is 4.79 Å². The molecule has 1 atom stereocenters. The van der Waals surface area contributed by atoms with Crippen LogP contribution >= 0.6 is 11.8 Å². The predicted octanol–water partition coefficient (Wildman–Crippen LogP) is 1.55. The van der Waals surface area contributed by atoms with Gasteiger partial charge in [-0.1, -0.05) is 29.8 Å². The molecule has 5 nitrogen and oxygen atoms in total. The summed E-state index contributed by atoms with van der Waals surface area (Å²) in [6.45, 7) is 4.07. The van der Waals surface area contributed by atoms with E-state index >= 15 is 0 Å². The number of sulfonamides is 1. The topological polar surface area (TPSA) is 66.5 Å². The van der Waals surface area contributed by atoms with Crippen LogP contribution in [0.25, 0.3) is 0 Å². The maximum Gasteiger partial charge on any atom is 0.238 e. The Labute approximate surface area is 136 Å². The van der Waals surface area contributed by atoms with Crippen molar-refractivity contribution in [3.63, 3.8) is 0 Å². The molecular weight excluding hydrogens is 320 g/mol. The van der Waals surface area contributed by atoms with Crippen LogP contribution in [0.2, 0.25) is 0 Å². The number of nitrogens with one attached hydrogen (secondary N) is 1. The smallest absolute Gasteiger partial charge is 0.238 e. The molecule has 1 aliphatic heterocycles. The molecule has 1 fully saturated rings. The highest BCUT2D eigenvalue weighted by Gasteiger charge is 2.28. The number of benzene rings is 1. The van der Waals surface area contributed by atoms with Crippen LogP contribution in [0.15, 0.2) is 24.3 Å². The van der Waals surface area contributed by atoms with Crippen LogP contribution in [0.1, 0.15) is 24.1 Å². The lowest BCUT2D eigenvalue weighted by Gasteiger charge is -2.36. The Morgan fingerprint density at radius 2 is 2.05 bits per heavy atom. The molecule has 7 heteroatoms. The zero-order valence-electron chi connectivity index (χ0n) is 12.9. The fourth-order valence-electron chi connectivity index (χ4n) is 2.34. The van der Waals surface area contributed by atoms with E-state index in [1.165, 1.54) is 5.56 Å².